The number of thiophene rings is 1. The number of nitrogens with one attached hydrogen (secondary N) is 1. The van der Waals surface area contributed by atoms with Crippen molar-refractivity contribution in [3.05, 3.63) is 71.6 Å². The average Bonchev–Trinajstić information content (AvgIpc) is 3.63. The molecule has 1 saturated heterocycles. The number of hydrogen-bond donors (Lipinski definition) is 1. The van der Waals surface area contributed by atoms with Crippen molar-refractivity contribution in [1.82, 2.24) is 15.2 Å². The number of nitriles is 1. The minimum Gasteiger partial charge on any atom is -0.497 e. The SMILES string of the molecule is COc1ccc(-c2nc3n[nH]c(-c4cccs4)c3c(-c3ccc(N4CCCCC4)cc3)c2C#N)cc1. The lowest BCUT2D eigenvalue weighted by molar-refractivity contribution is 0.415. The van der Waals surface area contributed by atoms with Crippen molar-refractivity contribution < 1.29 is 4.74 Å². The zero-order chi connectivity index (χ0) is 24.5. The summed E-state index contributed by atoms with van der Waals surface area (Å²) in [5.41, 5.74) is 6.55. The Bertz CT molecular complexity index is 1540. The number of fused-ring (bicyclic) bond motifs is 1. The molecule has 6 rings (SSSR count). The van der Waals surface area contributed by atoms with Gasteiger partial charge in [0.1, 0.15) is 11.8 Å². The predicted molar refractivity (Wildman–Crippen MR) is 145 cm³/mol. The summed E-state index contributed by atoms with van der Waals surface area (Å²) in [4.78, 5) is 8.37. The first-order valence-electron chi connectivity index (χ1n) is 12.1. The lowest BCUT2D eigenvalue weighted by Gasteiger charge is -2.29. The van der Waals surface area contributed by atoms with Gasteiger partial charge in [0.2, 0.25) is 0 Å². The molecule has 0 atom stereocenters. The van der Waals surface area contributed by atoms with Gasteiger partial charge in [-0.2, -0.15) is 10.4 Å². The number of anilines is 1. The molecular formula is C29H25N5OS. The molecule has 3 aromatic heterocycles. The quantitative estimate of drug-likeness (QED) is 0.290. The maximum absolute atomic E-state index is 10.4. The lowest BCUT2D eigenvalue weighted by Crippen LogP contribution is -2.29. The first kappa shape index (κ1) is 22.3. The maximum Gasteiger partial charge on any atom is 0.182 e. The van der Waals surface area contributed by atoms with E-state index in [2.05, 4.69) is 51.5 Å². The highest BCUT2D eigenvalue weighted by Crippen LogP contribution is 2.41. The van der Waals surface area contributed by atoms with E-state index in [1.165, 1.54) is 24.9 Å². The molecule has 2 aromatic carbocycles. The summed E-state index contributed by atoms with van der Waals surface area (Å²) in [5.74, 6) is 0.756. The monoisotopic (exact) mass is 491 g/mol. The van der Waals surface area contributed by atoms with Gasteiger partial charge in [0.15, 0.2) is 5.65 Å². The number of hydrogen-bond acceptors (Lipinski definition) is 6. The molecule has 7 heteroatoms. The second kappa shape index (κ2) is 9.48. The van der Waals surface area contributed by atoms with Crippen LogP contribution in [0.4, 0.5) is 5.69 Å². The molecule has 1 fully saturated rings. The molecule has 1 N–H and O–H groups in total. The molecule has 0 bridgehead atoms. The Kier molecular flexibility index (Phi) is 5.88. The zero-order valence-corrected chi connectivity index (χ0v) is 20.8. The van der Waals surface area contributed by atoms with E-state index in [0.29, 0.717) is 16.9 Å². The van der Waals surface area contributed by atoms with Crippen molar-refractivity contribution in [3.63, 3.8) is 0 Å². The van der Waals surface area contributed by atoms with Crippen LogP contribution >= 0.6 is 11.3 Å². The number of methoxy groups -OCH3 is 1. The molecule has 6 nitrogen and oxygen atoms in total. The number of benzene rings is 2. The molecule has 0 aliphatic carbocycles. The van der Waals surface area contributed by atoms with Crippen molar-refractivity contribution in [2.75, 3.05) is 25.1 Å². The largest absolute Gasteiger partial charge is 0.497 e. The highest BCUT2D eigenvalue weighted by molar-refractivity contribution is 7.13. The number of H-pyrrole nitrogens is 1. The molecule has 0 saturated carbocycles. The van der Waals surface area contributed by atoms with E-state index in [1.807, 2.05) is 35.7 Å². The van der Waals surface area contributed by atoms with E-state index >= 15 is 0 Å². The Balaban J connectivity index is 1.57. The molecule has 5 aromatic rings. The average molecular weight is 492 g/mol. The molecule has 1 aliphatic heterocycles. The number of piperidine rings is 1. The third kappa shape index (κ3) is 3.90. The van der Waals surface area contributed by atoms with Crippen molar-refractivity contribution in [3.8, 4) is 44.8 Å². The molecule has 0 unspecified atom stereocenters. The second-order valence-corrected chi connectivity index (χ2v) is 9.87. The van der Waals surface area contributed by atoms with Crippen LogP contribution < -0.4 is 9.64 Å². The Morgan fingerprint density at radius 1 is 0.972 bits per heavy atom. The van der Waals surface area contributed by atoms with Crippen molar-refractivity contribution in [2.24, 2.45) is 0 Å². The number of aromatic amines is 1. The van der Waals surface area contributed by atoms with Crippen LogP contribution in [0, 0.1) is 11.3 Å². The topological polar surface area (TPSA) is 77.8 Å². The second-order valence-electron chi connectivity index (χ2n) is 8.92. The molecule has 0 amide bonds. The van der Waals surface area contributed by atoms with Crippen LogP contribution in [0.25, 0.3) is 44.0 Å². The Labute approximate surface area is 213 Å². The minimum absolute atomic E-state index is 0.539. The van der Waals surface area contributed by atoms with Gasteiger partial charge in [-0.15, -0.1) is 11.3 Å². The van der Waals surface area contributed by atoms with E-state index in [4.69, 9.17) is 9.72 Å². The molecule has 0 spiro atoms. The van der Waals surface area contributed by atoms with Gasteiger partial charge in [0, 0.05) is 29.9 Å². The standard InChI is InChI=1S/C29H25N5OS/c1-35-22-13-9-20(10-14-22)27-23(18-30)25(19-7-11-21(12-8-19)34-15-3-2-4-16-34)26-28(24-6-5-17-36-24)32-33-29(26)31-27/h5-14,17H,2-4,15-16H2,1H3,(H,31,32,33). The van der Waals surface area contributed by atoms with Crippen LogP contribution in [-0.4, -0.2) is 35.4 Å². The van der Waals surface area contributed by atoms with Gasteiger partial charge in [-0.3, -0.25) is 5.10 Å². The minimum atomic E-state index is 0.539. The number of nitrogens with zero attached hydrogens (tertiary/aromatic N) is 4. The molecule has 178 valence electrons. The number of rotatable bonds is 5. The van der Waals surface area contributed by atoms with Gasteiger partial charge in [0.05, 0.1) is 34.3 Å². The molecule has 36 heavy (non-hydrogen) atoms. The van der Waals surface area contributed by atoms with Crippen LogP contribution in [0.5, 0.6) is 5.75 Å². The van der Waals surface area contributed by atoms with Crippen molar-refractivity contribution in [1.29, 1.82) is 5.26 Å². The van der Waals surface area contributed by atoms with Crippen LogP contribution in [0.2, 0.25) is 0 Å². The van der Waals surface area contributed by atoms with Gasteiger partial charge >= 0.3 is 0 Å². The normalized spacial score (nSPS) is 13.6. The molecule has 1 aliphatic rings. The van der Waals surface area contributed by atoms with Crippen LogP contribution in [0.3, 0.4) is 0 Å². The summed E-state index contributed by atoms with van der Waals surface area (Å²) in [7, 11) is 1.64. The summed E-state index contributed by atoms with van der Waals surface area (Å²) < 4.78 is 5.33. The summed E-state index contributed by atoms with van der Waals surface area (Å²) in [5, 5.41) is 21.1. The van der Waals surface area contributed by atoms with Crippen LogP contribution in [-0.2, 0) is 0 Å². The summed E-state index contributed by atoms with van der Waals surface area (Å²) in [6, 6.07) is 22.8. The van der Waals surface area contributed by atoms with E-state index in [9.17, 15) is 5.26 Å². The summed E-state index contributed by atoms with van der Waals surface area (Å²) in [6.45, 7) is 2.18. The fourth-order valence-electron chi connectivity index (χ4n) is 5.00. The maximum atomic E-state index is 10.4. The smallest absolute Gasteiger partial charge is 0.182 e. The first-order chi connectivity index (χ1) is 17.8. The predicted octanol–water partition coefficient (Wildman–Crippen LogP) is 6.89. The van der Waals surface area contributed by atoms with Gasteiger partial charge < -0.3 is 9.64 Å². The van der Waals surface area contributed by atoms with Crippen LogP contribution in [0.15, 0.2) is 66.0 Å². The summed E-state index contributed by atoms with van der Waals surface area (Å²) >= 11 is 1.64. The number of ether oxygens (including phenoxy) is 1. The molecule has 4 heterocycles. The molecule has 0 radical (unpaired) electrons. The molecular weight excluding hydrogens is 466 g/mol. The Morgan fingerprint density at radius 3 is 2.39 bits per heavy atom. The Morgan fingerprint density at radius 2 is 1.72 bits per heavy atom. The van der Waals surface area contributed by atoms with Crippen molar-refractivity contribution >= 4 is 28.1 Å². The lowest BCUT2D eigenvalue weighted by atomic mass is 9.92. The van der Waals surface area contributed by atoms with Gasteiger partial charge in [-0.25, -0.2) is 4.98 Å². The third-order valence-electron chi connectivity index (χ3n) is 6.82. The summed E-state index contributed by atoms with van der Waals surface area (Å²) in [6.07, 6.45) is 3.76. The highest BCUT2D eigenvalue weighted by Gasteiger charge is 2.23. The van der Waals surface area contributed by atoms with Crippen molar-refractivity contribution in [2.45, 2.75) is 19.3 Å². The van der Waals surface area contributed by atoms with Gasteiger partial charge in [0.25, 0.3) is 0 Å². The van der Waals surface area contributed by atoms with E-state index in [1.54, 1.807) is 18.4 Å². The highest BCUT2D eigenvalue weighted by atomic mass is 32.1. The third-order valence-corrected chi connectivity index (χ3v) is 7.71. The first-order valence-corrected chi connectivity index (χ1v) is 13.0. The fourth-order valence-corrected chi connectivity index (χ4v) is 5.73. The number of pyridine rings is 1. The van der Waals surface area contributed by atoms with E-state index in [0.717, 1.165) is 51.5 Å². The fraction of sp³-hybridized carbons (Fsp3) is 0.207. The van der Waals surface area contributed by atoms with Crippen LogP contribution in [0.1, 0.15) is 24.8 Å². The zero-order valence-electron chi connectivity index (χ0n) is 20.0. The van der Waals surface area contributed by atoms with E-state index < -0.39 is 0 Å². The van der Waals surface area contributed by atoms with Gasteiger partial charge in [-0.1, -0.05) is 18.2 Å². The Hall–Kier alpha value is -4.15. The van der Waals surface area contributed by atoms with E-state index in [-0.39, 0.29) is 0 Å². The van der Waals surface area contributed by atoms with Gasteiger partial charge in [-0.05, 0) is 72.7 Å². The number of aromatic nitrogens is 3.